The molecule has 1 rings (SSSR count). The monoisotopic (exact) mass is 240 g/mol. The molecule has 0 saturated carbocycles. The van der Waals surface area contributed by atoms with Crippen molar-refractivity contribution in [2.75, 3.05) is 12.3 Å². The van der Waals surface area contributed by atoms with Crippen LogP contribution in [-0.2, 0) is 13.6 Å². The van der Waals surface area contributed by atoms with Crippen LogP contribution in [0.3, 0.4) is 0 Å². The number of rotatable bonds is 5. The fraction of sp³-hybridized carbons (Fsp3) is 0.714. The Hall–Kier alpha value is -0.760. The van der Waals surface area contributed by atoms with E-state index < -0.39 is 5.51 Å². The van der Waals surface area contributed by atoms with Gasteiger partial charge in [0.1, 0.15) is 12.2 Å². The molecule has 0 radical (unpaired) electrons. The topological polar surface area (TPSA) is 42.7 Å². The Balaban J connectivity index is 2.10. The minimum absolute atomic E-state index is 0.00134. The number of hydrogen-bond acceptors (Lipinski definition) is 4. The summed E-state index contributed by atoms with van der Waals surface area (Å²) in [4.78, 5) is 3.92. The Labute approximate surface area is 89.3 Å². The molecule has 0 spiro atoms. The highest BCUT2D eigenvalue weighted by Crippen LogP contribution is 2.29. The van der Waals surface area contributed by atoms with Crippen molar-refractivity contribution in [3.8, 4) is 0 Å². The molecule has 0 aromatic carbocycles. The molecule has 1 aromatic heterocycles. The van der Waals surface area contributed by atoms with Crippen LogP contribution in [-0.4, -0.2) is 32.6 Å². The Morgan fingerprint density at radius 3 is 2.80 bits per heavy atom. The maximum atomic E-state index is 11.7. The van der Waals surface area contributed by atoms with E-state index in [2.05, 4.69) is 15.4 Å². The van der Waals surface area contributed by atoms with E-state index in [9.17, 15) is 13.2 Å². The third-order valence-corrected chi connectivity index (χ3v) is 2.37. The first-order valence-electron chi connectivity index (χ1n) is 4.23. The van der Waals surface area contributed by atoms with E-state index in [-0.39, 0.29) is 24.1 Å². The number of hydrogen-bond donors (Lipinski definition) is 1. The first-order chi connectivity index (χ1) is 6.99. The zero-order valence-electron chi connectivity index (χ0n) is 8.08. The molecule has 1 aromatic rings. The van der Waals surface area contributed by atoms with Gasteiger partial charge in [0, 0.05) is 19.3 Å². The zero-order valence-corrected chi connectivity index (χ0v) is 8.90. The average molecular weight is 240 g/mol. The van der Waals surface area contributed by atoms with Gasteiger partial charge in [0.25, 0.3) is 0 Å². The molecule has 0 aliphatic carbocycles. The van der Waals surface area contributed by atoms with Crippen LogP contribution in [0.1, 0.15) is 5.82 Å². The van der Waals surface area contributed by atoms with Crippen molar-refractivity contribution in [3.05, 3.63) is 12.2 Å². The van der Waals surface area contributed by atoms with Crippen molar-refractivity contribution in [2.24, 2.45) is 7.05 Å². The molecule has 0 fully saturated rings. The summed E-state index contributed by atoms with van der Waals surface area (Å²) in [6.45, 7) is 0.714. The lowest BCUT2D eigenvalue weighted by molar-refractivity contribution is -0.0327. The second kappa shape index (κ2) is 5.36. The predicted molar refractivity (Wildman–Crippen MR) is 51.2 cm³/mol. The lowest BCUT2D eigenvalue weighted by atomic mass is 10.5. The summed E-state index contributed by atoms with van der Waals surface area (Å²) >= 11 is -0.0304. The first kappa shape index (κ1) is 12.3. The lowest BCUT2D eigenvalue weighted by Crippen LogP contribution is -2.20. The van der Waals surface area contributed by atoms with Gasteiger partial charge in [0.15, 0.2) is 0 Å². The highest BCUT2D eigenvalue weighted by molar-refractivity contribution is 8.00. The molecule has 0 aliphatic heterocycles. The summed E-state index contributed by atoms with van der Waals surface area (Å²) < 4.78 is 36.8. The van der Waals surface area contributed by atoms with Crippen LogP contribution in [0.4, 0.5) is 13.2 Å². The van der Waals surface area contributed by atoms with Gasteiger partial charge in [-0.2, -0.15) is 18.3 Å². The molecule has 4 nitrogen and oxygen atoms in total. The first-order valence-corrected chi connectivity index (χ1v) is 5.22. The predicted octanol–water partition coefficient (Wildman–Crippen LogP) is 1.16. The molecule has 0 saturated heterocycles. The number of aryl methyl sites for hydroxylation is 1. The van der Waals surface area contributed by atoms with Gasteiger partial charge in [-0.1, -0.05) is 0 Å². The van der Waals surface area contributed by atoms with Gasteiger partial charge < -0.3 is 5.32 Å². The summed E-state index contributed by atoms with van der Waals surface area (Å²) in [5.41, 5.74) is -4.15. The Morgan fingerprint density at radius 1 is 1.53 bits per heavy atom. The zero-order chi connectivity index (χ0) is 11.3. The molecule has 0 aliphatic rings. The van der Waals surface area contributed by atoms with Crippen LogP contribution < -0.4 is 5.32 Å². The summed E-state index contributed by atoms with van der Waals surface area (Å²) in [6.07, 6.45) is 1.40. The third-order valence-electron chi connectivity index (χ3n) is 1.63. The number of aromatic nitrogens is 3. The second-order valence-electron chi connectivity index (χ2n) is 2.77. The molecule has 8 heteroatoms. The second-order valence-corrected chi connectivity index (χ2v) is 3.93. The van der Waals surface area contributed by atoms with Gasteiger partial charge in [0.2, 0.25) is 0 Å². The molecule has 15 heavy (non-hydrogen) atoms. The van der Waals surface area contributed by atoms with Crippen LogP contribution >= 0.6 is 11.8 Å². The van der Waals surface area contributed by atoms with Crippen LogP contribution in [0, 0.1) is 0 Å². The van der Waals surface area contributed by atoms with E-state index in [1.165, 1.54) is 6.33 Å². The minimum Gasteiger partial charge on any atom is -0.309 e. The number of alkyl halides is 3. The molecule has 0 amide bonds. The van der Waals surface area contributed by atoms with Crippen LogP contribution in [0.2, 0.25) is 0 Å². The van der Waals surface area contributed by atoms with Crippen molar-refractivity contribution < 1.29 is 13.2 Å². The van der Waals surface area contributed by atoms with Gasteiger partial charge in [-0.25, -0.2) is 4.98 Å². The van der Waals surface area contributed by atoms with Gasteiger partial charge in [-0.05, 0) is 11.8 Å². The van der Waals surface area contributed by atoms with Crippen molar-refractivity contribution >= 4 is 11.8 Å². The Bertz CT molecular complexity index is 299. The minimum atomic E-state index is -4.15. The maximum absolute atomic E-state index is 11.7. The molecular weight excluding hydrogens is 229 g/mol. The van der Waals surface area contributed by atoms with E-state index in [1.54, 1.807) is 11.7 Å². The van der Waals surface area contributed by atoms with E-state index in [0.29, 0.717) is 12.4 Å². The Kier molecular flexibility index (Phi) is 4.40. The van der Waals surface area contributed by atoms with Crippen LogP contribution in [0.25, 0.3) is 0 Å². The molecular formula is C7H11F3N4S. The van der Waals surface area contributed by atoms with Gasteiger partial charge in [-0.15, -0.1) is 0 Å². The molecule has 1 heterocycles. The van der Waals surface area contributed by atoms with Crippen LogP contribution in [0.5, 0.6) is 0 Å². The van der Waals surface area contributed by atoms with Crippen molar-refractivity contribution in [1.82, 2.24) is 20.1 Å². The van der Waals surface area contributed by atoms with Crippen LogP contribution in [0.15, 0.2) is 6.33 Å². The van der Waals surface area contributed by atoms with E-state index in [1.807, 2.05) is 0 Å². The SMILES string of the molecule is Cn1ncnc1CNCCSC(F)(F)F. The Morgan fingerprint density at radius 2 is 2.27 bits per heavy atom. The van der Waals surface area contributed by atoms with Gasteiger partial charge in [-0.3, -0.25) is 4.68 Å². The molecule has 0 unspecified atom stereocenters. The van der Waals surface area contributed by atoms with E-state index in [4.69, 9.17) is 0 Å². The van der Waals surface area contributed by atoms with Gasteiger partial charge >= 0.3 is 5.51 Å². The number of halogens is 3. The van der Waals surface area contributed by atoms with E-state index in [0.717, 1.165) is 0 Å². The number of nitrogens with zero attached hydrogens (tertiary/aromatic N) is 3. The summed E-state index contributed by atoms with van der Waals surface area (Å²) in [7, 11) is 1.73. The highest BCUT2D eigenvalue weighted by atomic mass is 32.2. The largest absolute Gasteiger partial charge is 0.441 e. The lowest BCUT2D eigenvalue weighted by Gasteiger charge is -2.06. The van der Waals surface area contributed by atoms with Crippen molar-refractivity contribution in [1.29, 1.82) is 0 Å². The van der Waals surface area contributed by atoms with Crippen molar-refractivity contribution in [2.45, 2.75) is 12.1 Å². The summed E-state index contributed by atoms with van der Waals surface area (Å²) in [6, 6.07) is 0. The molecule has 0 atom stereocenters. The van der Waals surface area contributed by atoms with E-state index >= 15 is 0 Å². The molecule has 86 valence electrons. The highest BCUT2D eigenvalue weighted by Gasteiger charge is 2.27. The quantitative estimate of drug-likeness (QED) is 0.784. The summed E-state index contributed by atoms with van der Waals surface area (Å²) in [5, 5.41) is 6.69. The maximum Gasteiger partial charge on any atom is 0.441 e. The summed E-state index contributed by atoms with van der Waals surface area (Å²) in [5.74, 6) is 0.702. The van der Waals surface area contributed by atoms with Gasteiger partial charge in [0.05, 0.1) is 6.54 Å². The normalized spacial score (nSPS) is 12.0. The van der Waals surface area contributed by atoms with Crippen molar-refractivity contribution in [3.63, 3.8) is 0 Å². The fourth-order valence-electron chi connectivity index (χ4n) is 0.919. The average Bonchev–Trinajstić information content (AvgIpc) is 2.49. The smallest absolute Gasteiger partial charge is 0.309 e. The third kappa shape index (κ3) is 5.03. The molecule has 1 N–H and O–H groups in total. The molecule has 0 bridgehead atoms. The fourth-order valence-corrected chi connectivity index (χ4v) is 1.40. The number of thioether (sulfide) groups is 1. The number of nitrogens with one attached hydrogen (secondary N) is 1. The standard InChI is InChI=1S/C7H11F3N4S/c1-14-6(12-5-13-14)4-11-2-3-15-7(8,9)10/h5,11H,2-4H2,1H3.